The minimum absolute atomic E-state index is 0.0921. The molecule has 1 aromatic heterocycles. The number of esters is 1. The Morgan fingerprint density at radius 1 is 1.33 bits per heavy atom. The van der Waals surface area contributed by atoms with Crippen LogP contribution in [0.5, 0.6) is 0 Å². The van der Waals surface area contributed by atoms with E-state index in [4.69, 9.17) is 16.3 Å². The molecule has 1 aliphatic rings. The minimum Gasteiger partial charge on any atom is -0.448 e. The van der Waals surface area contributed by atoms with E-state index >= 15 is 0 Å². The molecule has 1 aromatic carbocycles. The van der Waals surface area contributed by atoms with E-state index in [9.17, 15) is 14.0 Å². The van der Waals surface area contributed by atoms with Crippen molar-refractivity contribution in [2.45, 2.75) is 32.3 Å². The third-order valence-electron chi connectivity index (χ3n) is 3.79. The second-order valence-corrected chi connectivity index (χ2v) is 7.12. The number of benzene rings is 1. The lowest BCUT2D eigenvalue weighted by Crippen LogP contribution is -2.29. The van der Waals surface area contributed by atoms with E-state index in [0.29, 0.717) is 10.6 Å². The van der Waals surface area contributed by atoms with Crippen LogP contribution in [0.15, 0.2) is 24.3 Å². The summed E-state index contributed by atoms with van der Waals surface area (Å²) in [6.07, 6.45) is 2.13. The summed E-state index contributed by atoms with van der Waals surface area (Å²) in [5, 5.41) is 2.45. The summed E-state index contributed by atoms with van der Waals surface area (Å²) in [5.74, 6) is -1.58. The number of rotatable bonds is 4. The third-order valence-corrected chi connectivity index (χ3v) is 5.29. The maximum atomic E-state index is 13.1. The Morgan fingerprint density at radius 2 is 2.12 bits per heavy atom. The molecule has 0 saturated carbocycles. The molecule has 1 N–H and O–H groups in total. The number of hydrogen-bond donors (Lipinski definition) is 1. The Balaban J connectivity index is 1.60. The van der Waals surface area contributed by atoms with E-state index in [-0.39, 0.29) is 5.02 Å². The molecule has 0 bridgehead atoms. The number of carbonyl (C=O) groups excluding carboxylic acids is 2. The van der Waals surface area contributed by atoms with Crippen molar-refractivity contribution in [3.05, 3.63) is 50.4 Å². The monoisotopic (exact) mass is 367 g/mol. The van der Waals surface area contributed by atoms with E-state index in [2.05, 4.69) is 5.32 Å². The summed E-state index contributed by atoms with van der Waals surface area (Å²) in [6.45, 7) is 1.49. The van der Waals surface area contributed by atoms with Crippen molar-refractivity contribution in [3.63, 3.8) is 0 Å². The van der Waals surface area contributed by atoms with Crippen LogP contribution in [0, 0.1) is 5.82 Å². The van der Waals surface area contributed by atoms with Gasteiger partial charge in [0.15, 0.2) is 6.10 Å². The van der Waals surface area contributed by atoms with Gasteiger partial charge < -0.3 is 10.1 Å². The molecule has 0 fully saturated rings. The van der Waals surface area contributed by atoms with Crippen LogP contribution in [0.25, 0.3) is 0 Å². The van der Waals surface area contributed by atoms with Gasteiger partial charge in [0.05, 0.1) is 5.02 Å². The van der Waals surface area contributed by atoms with E-state index in [0.717, 1.165) is 25.3 Å². The summed E-state index contributed by atoms with van der Waals surface area (Å²) >= 11 is 7.09. The zero-order chi connectivity index (χ0) is 17.3. The Morgan fingerprint density at radius 3 is 2.83 bits per heavy atom. The number of aryl methyl sites for hydroxylation is 2. The summed E-state index contributed by atoms with van der Waals surface area (Å²) in [7, 11) is 0. The second kappa shape index (κ2) is 6.91. The number of ether oxygens (including phenoxy) is 1. The lowest BCUT2D eigenvalue weighted by molar-refractivity contribution is -0.123. The summed E-state index contributed by atoms with van der Waals surface area (Å²) in [6, 6.07) is 5.69. The number of fused-ring (bicyclic) bond motifs is 1. The lowest BCUT2D eigenvalue weighted by Gasteiger charge is -2.13. The molecule has 1 atom stereocenters. The van der Waals surface area contributed by atoms with Crippen LogP contribution in [-0.4, -0.2) is 18.0 Å². The predicted molar refractivity (Wildman–Crippen MR) is 91.3 cm³/mol. The standard InChI is InChI=1S/C17H15ClFNO3S/c1-9(16(21)20-11-5-6-13(19)12(18)8-11)23-17(22)15-7-10-3-2-4-14(10)24-15/h5-9H,2-4H2,1H3,(H,20,21)/t9-/m1/s1. The Labute approximate surface area is 147 Å². The molecule has 0 unspecified atom stereocenters. The van der Waals surface area contributed by atoms with Crippen molar-refractivity contribution >= 4 is 40.5 Å². The van der Waals surface area contributed by atoms with Crippen LogP contribution in [0.3, 0.4) is 0 Å². The smallest absolute Gasteiger partial charge is 0.349 e. The number of halogens is 2. The average molecular weight is 368 g/mol. The SMILES string of the molecule is C[C@@H](OC(=O)c1cc2c(s1)CCC2)C(=O)Nc1ccc(F)c(Cl)c1. The van der Waals surface area contributed by atoms with Crippen LogP contribution in [0.2, 0.25) is 5.02 Å². The van der Waals surface area contributed by atoms with Gasteiger partial charge in [-0.3, -0.25) is 4.79 Å². The zero-order valence-corrected chi connectivity index (χ0v) is 14.5. The molecular weight excluding hydrogens is 353 g/mol. The average Bonchev–Trinajstić information content (AvgIpc) is 3.12. The van der Waals surface area contributed by atoms with Crippen molar-refractivity contribution in [2.24, 2.45) is 0 Å². The Kier molecular flexibility index (Phi) is 4.87. The Bertz CT molecular complexity index is 784. The molecule has 0 spiro atoms. The number of hydrogen-bond acceptors (Lipinski definition) is 4. The van der Waals surface area contributed by atoms with Gasteiger partial charge in [-0.2, -0.15) is 0 Å². The third kappa shape index (κ3) is 3.60. The molecule has 126 valence electrons. The molecule has 0 saturated heterocycles. The molecule has 7 heteroatoms. The van der Waals surface area contributed by atoms with E-state index < -0.39 is 23.8 Å². The summed E-state index contributed by atoms with van der Waals surface area (Å²) in [5.41, 5.74) is 1.54. The molecule has 4 nitrogen and oxygen atoms in total. The fourth-order valence-electron chi connectivity index (χ4n) is 2.52. The molecule has 3 rings (SSSR count). The van der Waals surface area contributed by atoms with E-state index in [1.807, 2.05) is 6.07 Å². The first-order chi connectivity index (χ1) is 11.4. The van der Waals surface area contributed by atoms with E-state index in [1.165, 1.54) is 40.8 Å². The van der Waals surface area contributed by atoms with Crippen LogP contribution in [0.1, 0.15) is 33.5 Å². The van der Waals surface area contributed by atoms with Crippen molar-refractivity contribution in [1.29, 1.82) is 0 Å². The topological polar surface area (TPSA) is 55.4 Å². The lowest BCUT2D eigenvalue weighted by atomic mass is 10.2. The van der Waals surface area contributed by atoms with Gasteiger partial charge in [-0.1, -0.05) is 11.6 Å². The minimum atomic E-state index is -0.974. The molecule has 1 aliphatic carbocycles. The van der Waals surface area contributed by atoms with Gasteiger partial charge in [-0.25, -0.2) is 9.18 Å². The van der Waals surface area contributed by atoms with Crippen LogP contribution >= 0.6 is 22.9 Å². The highest BCUT2D eigenvalue weighted by Crippen LogP contribution is 2.31. The van der Waals surface area contributed by atoms with Gasteiger partial charge in [0, 0.05) is 10.6 Å². The first-order valence-electron chi connectivity index (χ1n) is 7.52. The number of anilines is 1. The number of carbonyl (C=O) groups is 2. The van der Waals surface area contributed by atoms with Gasteiger partial charge in [0.1, 0.15) is 10.7 Å². The first-order valence-corrected chi connectivity index (χ1v) is 8.72. The summed E-state index contributed by atoms with van der Waals surface area (Å²) in [4.78, 5) is 26.0. The maximum absolute atomic E-state index is 13.1. The van der Waals surface area contributed by atoms with Crippen LogP contribution < -0.4 is 5.32 Å². The van der Waals surface area contributed by atoms with Gasteiger partial charge in [0.25, 0.3) is 5.91 Å². The summed E-state index contributed by atoms with van der Waals surface area (Å²) < 4.78 is 18.3. The number of nitrogens with one attached hydrogen (secondary N) is 1. The molecule has 2 aromatic rings. The van der Waals surface area contributed by atoms with Gasteiger partial charge in [-0.05, 0) is 56.0 Å². The predicted octanol–water partition coefficient (Wildman–Crippen LogP) is 4.21. The molecular formula is C17H15ClFNO3S. The molecule has 1 heterocycles. The van der Waals surface area contributed by atoms with Gasteiger partial charge in [0.2, 0.25) is 0 Å². The highest BCUT2D eigenvalue weighted by atomic mass is 35.5. The number of amides is 1. The normalized spacial score (nSPS) is 14.1. The molecule has 24 heavy (non-hydrogen) atoms. The Hall–Kier alpha value is -1.92. The van der Waals surface area contributed by atoms with Crippen molar-refractivity contribution in [2.75, 3.05) is 5.32 Å². The molecule has 1 amide bonds. The van der Waals surface area contributed by atoms with Crippen molar-refractivity contribution in [1.82, 2.24) is 0 Å². The first kappa shape index (κ1) is 16.9. The van der Waals surface area contributed by atoms with Crippen molar-refractivity contribution < 1.29 is 18.7 Å². The largest absolute Gasteiger partial charge is 0.448 e. The molecule has 0 aliphatic heterocycles. The van der Waals surface area contributed by atoms with Gasteiger partial charge >= 0.3 is 5.97 Å². The van der Waals surface area contributed by atoms with E-state index in [1.54, 1.807) is 0 Å². The fourth-order valence-corrected chi connectivity index (χ4v) is 3.84. The van der Waals surface area contributed by atoms with Crippen molar-refractivity contribution in [3.8, 4) is 0 Å². The number of thiophene rings is 1. The fraction of sp³-hybridized carbons (Fsp3) is 0.294. The highest BCUT2D eigenvalue weighted by Gasteiger charge is 2.23. The molecule has 0 radical (unpaired) electrons. The quantitative estimate of drug-likeness (QED) is 0.823. The highest BCUT2D eigenvalue weighted by molar-refractivity contribution is 7.14. The zero-order valence-electron chi connectivity index (χ0n) is 12.9. The second-order valence-electron chi connectivity index (χ2n) is 5.58. The van der Waals surface area contributed by atoms with Gasteiger partial charge in [-0.15, -0.1) is 11.3 Å². The van der Waals surface area contributed by atoms with Crippen LogP contribution in [0.4, 0.5) is 10.1 Å². The maximum Gasteiger partial charge on any atom is 0.349 e. The van der Waals surface area contributed by atoms with Crippen LogP contribution in [-0.2, 0) is 22.4 Å².